The van der Waals surface area contributed by atoms with Crippen LogP contribution in [-0.2, 0) is 63.2 Å². The summed E-state index contributed by atoms with van der Waals surface area (Å²) < 4.78 is 0. The third kappa shape index (κ3) is 8.83. The van der Waals surface area contributed by atoms with Crippen LogP contribution in [0.5, 0.6) is 0 Å². The quantitative estimate of drug-likeness (QED) is 0.298. The minimum absolute atomic E-state index is 0. The standard InChI is InChI=1S/Ga.3W.3H. The van der Waals surface area contributed by atoms with E-state index in [0.717, 1.165) is 0 Å². The molecule has 0 bridgehead atoms. The predicted octanol–water partition coefficient (Wildman–Crippen LogP) is -1.19. The first-order chi connectivity index (χ1) is 0. The van der Waals surface area contributed by atoms with Crippen LogP contribution in [0, 0.1) is 0 Å². The van der Waals surface area contributed by atoms with Crippen molar-refractivity contribution >= 4 is 19.8 Å². The Balaban J connectivity index is 0. The van der Waals surface area contributed by atoms with Gasteiger partial charge in [-0.25, -0.2) is 0 Å². The fraction of sp³-hybridized carbons (Fsp3) is 0. The van der Waals surface area contributed by atoms with E-state index in [-0.39, 0.29) is 83.0 Å². The Hall–Kier alpha value is 2.70. The van der Waals surface area contributed by atoms with Crippen LogP contribution in [0.15, 0.2) is 0 Å². The van der Waals surface area contributed by atoms with E-state index in [1.807, 2.05) is 0 Å². The molecule has 0 rings (SSSR count). The summed E-state index contributed by atoms with van der Waals surface area (Å²) in [7, 11) is 0. The summed E-state index contributed by atoms with van der Waals surface area (Å²) in [5, 5.41) is 0. The maximum Gasteiger partial charge on any atom is 0 e. The van der Waals surface area contributed by atoms with Gasteiger partial charge in [0, 0.05) is 63.2 Å². The van der Waals surface area contributed by atoms with Gasteiger partial charge >= 0.3 is 19.8 Å². The first-order valence-electron chi connectivity index (χ1n) is 0. The van der Waals surface area contributed by atoms with Crippen molar-refractivity contribution in [3.63, 3.8) is 0 Å². The van der Waals surface area contributed by atoms with Gasteiger partial charge in [-0.3, -0.25) is 0 Å². The van der Waals surface area contributed by atoms with E-state index >= 15 is 0 Å². The molecule has 0 amide bonds. The van der Waals surface area contributed by atoms with Gasteiger partial charge in [-0.05, 0) is 0 Å². The molecule has 0 nitrogen and oxygen atoms in total. The van der Waals surface area contributed by atoms with Crippen LogP contribution in [0.4, 0.5) is 0 Å². The zero-order chi connectivity index (χ0) is 0. The van der Waals surface area contributed by atoms with Crippen LogP contribution in [0.25, 0.3) is 0 Å². The summed E-state index contributed by atoms with van der Waals surface area (Å²) in [4.78, 5) is 0. The van der Waals surface area contributed by atoms with Gasteiger partial charge in [-0.15, -0.1) is 0 Å². The first-order valence-corrected chi connectivity index (χ1v) is 0. The van der Waals surface area contributed by atoms with E-state index in [2.05, 4.69) is 0 Å². The third-order valence-corrected chi connectivity index (χ3v) is 0. The van der Waals surface area contributed by atoms with Crippen LogP contribution in [0.3, 0.4) is 0 Å². The molecular weight excluding hydrogens is 621 g/mol. The normalized spacial score (nSPS) is 0. The fourth-order valence-corrected chi connectivity index (χ4v) is 0. The zero-order valence-electron chi connectivity index (χ0n) is 1.22. The molecule has 0 aliphatic rings. The van der Waals surface area contributed by atoms with Crippen LogP contribution >= 0.6 is 0 Å². The predicted molar refractivity (Wildman–Crippen MR) is 9.94 cm³/mol. The van der Waals surface area contributed by atoms with Crippen molar-refractivity contribution in [1.82, 2.24) is 0 Å². The Morgan fingerprint density at radius 1 is 0.500 bits per heavy atom. The van der Waals surface area contributed by atoms with Crippen molar-refractivity contribution in [1.29, 1.82) is 0 Å². The molecule has 4 heavy (non-hydrogen) atoms. The van der Waals surface area contributed by atoms with Gasteiger partial charge < -0.3 is 0 Å². The van der Waals surface area contributed by atoms with Crippen LogP contribution in [0.2, 0.25) is 0 Å². The summed E-state index contributed by atoms with van der Waals surface area (Å²) in [6.45, 7) is 0. The Kier molecular flexibility index (Phi) is 129. The summed E-state index contributed by atoms with van der Waals surface area (Å²) >= 11 is 0. The monoisotopic (exact) mass is 624 g/mol. The van der Waals surface area contributed by atoms with Crippen molar-refractivity contribution in [2.24, 2.45) is 0 Å². The van der Waals surface area contributed by atoms with Gasteiger partial charge in [0.2, 0.25) is 0 Å². The van der Waals surface area contributed by atoms with Gasteiger partial charge in [0.05, 0.1) is 0 Å². The maximum absolute atomic E-state index is 0. The molecule has 0 N–H and O–H groups in total. The molecule has 0 saturated heterocycles. The number of rotatable bonds is 0. The molecule has 0 spiro atoms. The molecule has 0 aliphatic heterocycles. The zero-order valence-corrected chi connectivity index (χ0v) is 10.0. The summed E-state index contributed by atoms with van der Waals surface area (Å²) in [5.74, 6) is 0. The third-order valence-electron chi connectivity index (χ3n) is 0. The summed E-state index contributed by atoms with van der Waals surface area (Å²) in [6.07, 6.45) is 0. The van der Waals surface area contributed by atoms with Crippen LogP contribution < -0.4 is 0 Å². The molecule has 0 aromatic carbocycles. The molecule has 0 saturated carbocycles. The molecule has 24 valence electrons. The molecule has 0 fully saturated rings. The van der Waals surface area contributed by atoms with E-state index in [1.165, 1.54) is 0 Å². The van der Waals surface area contributed by atoms with Gasteiger partial charge in [0.25, 0.3) is 0 Å². The second-order valence-electron chi connectivity index (χ2n) is 0. The average Bonchev–Trinajstić information content (AvgIpc) is 0. The number of hydrogen-bond donors (Lipinski definition) is 0. The second-order valence-corrected chi connectivity index (χ2v) is 0. The van der Waals surface area contributed by atoms with Gasteiger partial charge in [-0.2, -0.15) is 0 Å². The van der Waals surface area contributed by atoms with Crippen LogP contribution in [-0.4, -0.2) is 19.8 Å². The molecule has 0 heterocycles. The molecular formula is H3GaW3. The Labute approximate surface area is 81.7 Å². The smallest absolute Gasteiger partial charge is 0 e. The second kappa shape index (κ2) is 17.3. The van der Waals surface area contributed by atoms with Gasteiger partial charge in [0.1, 0.15) is 0 Å². The molecule has 0 aromatic rings. The van der Waals surface area contributed by atoms with E-state index in [1.54, 1.807) is 0 Å². The van der Waals surface area contributed by atoms with Crippen molar-refractivity contribution < 1.29 is 63.2 Å². The van der Waals surface area contributed by atoms with E-state index in [4.69, 9.17) is 0 Å². The van der Waals surface area contributed by atoms with E-state index < -0.39 is 0 Å². The first kappa shape index (κ1) is 29.9. The van der Waals surface area contributed by atoms with Crippen molar-refractivity contribution in [2.75, 3.05) is 0 Å². The molecule has 0 atom stereocenters. The van der Waals surface area contributed by atoms with Gasteiger partial charge in [0.15, 0.2) is 0 Å². The Morgan fingerprint density at radius 3 is 0.500 bits per heavy atom. The fourth-order valence-electron chi connectivity index (χ4n) is 0. The molecule has 4 heteroatoms. The maximum atomic E-state index is 0. The van der Waals surface area contributed by atoms with Crippen molar-refractivity contribution in [3.8, 4) is 0 Å². The van der Waals surface area contributed by atoms with E-state index in [9.17, 15) is 0 Å². The van der Waals surface area contributed by atoms with E-state index in [0.29, 0.717) is 0 Å². The molecule has 0 aromatic heterocycles. The van der Waals surface area contributed by atoms with Crippen molar-refractivity contribution in [2.45, 2.75) is 0 Å². The molecule has 0 aliphatic carbocycles. The topological polar surface area (TPSA) is 0 Å². The molecule has 0 radical (unpaired) electrons. The summed E-state index contributed by atoms with van der Waals surface area (Å²) in [5.41, 5.74) is 0. The molecule has 0 unspecified atom stereocenters. The SMILES string of the molecule is [GaH3].[W].[W].[W]. The largest absolute Gasteiger partial charge is 0 e. The summed E-state index contributed by atoms with van der Waals surface area (Å²) in [6, 6.07) is 0. The van der Waals surface area contributed by atoms with Gasteiger partial charge in [-0.1, -0.05) is 0 Å². The number of hydrogen-bond acceptors (Lipinski definition) is 0. The van der Waals surface area contributed by atoms with Crippen LogP contribution in [0.1, 0.15) is 0 Å². The Morgan fingerprint density at radius 2 is 0.500 bits per heavy atom. The minimum Gasteiger partial charge on any atom is 0 e. The van der Waals surface area contributed by atoms with Crippen molar-refractivity contribution in [3.05, 3.63) is 0 Å². The minimum atomic E-state index is 0. The Bertz CT molecular complexity index is 3.25. The average molecular weight is 624 g/mol.